The number of nitrogens with zero attached hydrogens (tertiary/aromatic N) is 9. The third kappa shape index (κ3) is 3310. The van der Waals surface area contributed by atoms with Gasteiger partial charge in [0.25, 0.3) is 0 Å². The predicted octanol–water partition coefficient (Wildman–Crippen LogP) is -2.15. The van der Waals surface area contributed by atoms with Crippen LogP contribution < -0.4 is 0 Å². The first-order valence-corrected chi connectivity index (χ1v) is 4.93. The Bertz CT molecular complexity index is 428. The van der Waals surface area contributed by atoms with E-state index < -0.39 is 45.8 Å². The molecule has 0 heterocycles. The molecule has 0 fully saturated rings. The van der Waals surface area contributed by atoms with E-state index in [2.05, 4.69) is 0 Å². The zero-order chi connectivity index (χ0) is 32.2. The standard InChI is InChI=1S/Ce.La.9NO3.Tb/c;;9*2-1(3)4;/q2*+3;9*-1;+3. The summed E-state index contributed by atoms with van der Waals surface area (Å²) in [6.45, 7) is 0. The zero-order valence-corrected chi connectivity index (χ0v) is 25.4. The SMILES string of the molecule is O=[N+]([O-])[O-].O=[N+]([O-])[O-].O=[N+]([O-])[O-].O=[N+]([O-])[O-].O=[N+]([O-])[O-].O=[N+]([O-])[O-].O=[N+]([O-])[O-].O=[N+]([O-])[O-].O=[N+]([O-])[O-].[Ce+3].[La+3].[Tb+3]. The Morgan fingerprint density at radius 3 is 0.231 bits per heavy atom. The Hall–Kier alpha value is -3.34. The molecule has 0 amide bonds. The number of hydrogen-bond donors (Lipinski definition) is 0. The molecule has 1 radical (unpaired) electrons. The van der Waals surface area contributed by atoms with Gasteiger partial charge in [0.15, 0.2) is 0 Å². The van der Waals surface area contributed by atoms with Crippen molar-refractivity contribution in [3.05, 3.63) is 138 Å². The second-order valence-corrected chi connectivity index (χ2v) is 2.01. The fraction of sp³-hybridized carbons (Fsp3) is 0. The summed E-state index contributed by atoms with van der Waals surface area (Å²) in [6, 6.07) is 0. The van der Waals surface area contributed by atoms with Gasteiger partial charge in [-0.2, -0.15) is 0 Å². The maximum atomic E-state index is 8.25. The molecule has 39 heteroatoms. The Balaban J connectivity index is -0.0000000208. The van der Waals surface area contributed by atoms with Crippen LogP contribution in [0.4, 0.5) is 0 Å². The fourth-order valence-electron chi connectivity index (χ4n) is 0. The largest absolute Gasteiger partial charge is 3.00 e. The van der Waals surface area contributed by atoms with Gasteiger partial charge in [0.2, 0.25) is 0 Å². The minimum atomic E-state index is -1.75. The fourth-order valence-corrected chi connectivity index (χ4v) is 0. The van der Waals surface area contributed by atoms with Crippen LogP contribution in [-0.2, 0) is 0 Å². The summed E-state index contributed by atoms with van der Waals surface area (Å²) in [5.74, 6) is 0. The van der Waals surface area contributed by atoms with Crippen molar-refractivity contribution in [2.45, 2.75) is 0 Å². The van der Waals surface area contributed by atoms with E-state index in [0.717, 1.165) is 0 Å². The summed E-state index contributed by atoms with van der Waals surface area (Å²) in [5.41, 5.74) is 0. The molecule has 223 valence electrons. The van der Waals surface area contributed by atoms with Crippen molar-refractivity contribution in [2.24, 2.45) is 0 Å². The third-order valence-corrected chi connectivity index (χ3v) is 0. The Kier molecular flexibility index (Phi) is 138. The molecule has 0 saturated heterocycles. The summed E-state index contributed by atoms with van der Waals surface area (Å²) in [4.78, 5) is 74.2. The van der Waals surface area contributed by atoms with Crippen LogP contribution in [0.15, 0.2) is 0 Å². The van der Waals surface area contributed by atoms with Crippen LogP contribution in [0.3, 0.4) is 0 Å². The molecule has 0 unspecified atom stereocenters. The predicted molar refractivity (Wildman–Crippen MR) is 93.3 cm³/mol. The molecule has 0 N–H and O–H groups in total. The van der Waals surface area contributed by atoms with Crippen molar-refractivity contribution in [1.29, 1.82) is 0 Å². The van der Waals surface area contributed by atoms with Gasteiger partial charge in [-0.15, -0.1) is 0 Å². The van der Waals surface area contributed by atoms with Gasteiger partial charge in [0.1, 0.15) is 0 Å². The van der Waals surface area contributed by atoms with E-state index in [0.29, 0.717) is 0 Å². The quantitative estimate of drug-likeness (QED) is 0.184. The minimum Gasteiger partial charge on any atom is -0.356 e. The first kappa shape index (κ1) is 76.5. The van der Waals surface area contributed by atoms with Crippen molar-refractivity contribution >= 4 is 0 Å². The van der Waals surface area contributed by atoms with E-state index in [4.69, 9.17) is 138 Å². The summed E-state index contributed by atoms with van der Waals surface area (Å²) in [6.07, 6.45) is 0. The monoisotopic (exact) mass is 996 g/mol. The Labute approximate surface area is 296 Å². The molecule has 0 aromatic heterocycles. The summed E-state index contributed by atoms with van der Waals surface area (Å²) >= 11 is 0. The zero-order valence-electron chi connectivity index (χ0n) is 16.5. The van der Waals surface area contributed by atoms with E-state index in [-0.39, 0.29) is 116 Å². The van der Waals surface area contributed by atoms with Gasteiger partial charge in [-0.3, -0.25) is 0 Å². The van der Waals surface area contributed by atoms with E-state index in [9.17, 15) is 0 Å². The van der Waals surface area contributed by atoms with Crippen LogP contribution in [0.1, 0.15) is 0 Å². The molecule has 0 bridgehead atoms. The molecular weight excluding hydrogens is 996 g/mol. The van der Waals surface area contributed by atoms with Gasteiger partial charge < -0.3 is 138 Å². The average molecular weight is 996 g/mol. The van der Waals surface area contributed by atoms with Gasteiger partial charge in [-0.05, 0) is 0 Å². The summed E-state index contributed by atoms with van der Waals surface area (Å²) in [5, 5.41) is 133. The Morgan fingerprint density at radius 2 is 0.231 bits per heavy atom. The van der Waals surface area contributed by atoms with Crippen LogP contribution >= 0.6 is 0 Å². The molecule has 0 aromatic rings. The molecule has 0 spiro atoms. The van der Waals surface area contributed by atoms with Gasteiger partial charge in [0.05, 0.1) is 45.8 Å². The van der Waals surface area contributed by atoms with Crippen LogP contribution in [-0.4, -0.2) is 45.8 Å². The van der Waals surface area contributed by atoms with Crippen molar-refractivity contribution < 1.29 is 162 Å². The molecule has 39 heavy (non-hydrogen) atoms. The van der Waals surface area contributed by atoms with E-state index in [1.54, 1.807) is 0 Å². The van der Waals surface area contributed by atoms with E-state index in [1.807, 2.05) is 0 Å². The average Bonchev–Trinajstić information content (AvgIpc) is 2.39. The van der Waals surface area contributed by atoms with Gasteiger partial charge >= 0.3 is 116 Å². The molecule has 0 aromatic carbocycles. The first-order valence-electron chi connectivity index (χ1n) is 4.93. The van der Waals surface area contributed by atoms with Crippen LogP contribution in [0, 0.1) is 254 Å². The van der Waals surface area contributed by atoms with Crippen LogP contribution in [0.2, 0.25) is 0 Å². The minimum absolute atomic E-state index is 0. The van der Waals surface area contributed by atoms with Crippen molar-refractivity contribution in [2.75, 3.05) is 0 Å². The first-order chi connectivity index (χ1) is 15.6. The van der Waals surface area contributed by atoms with Crippen LogP contribution in [0.5, 0.6) is 0 Å². The van der Waals surface area contributed by atoms with E-state index >= 15 is 0 Å². The molecule has 0 aliphatic heterocycles. The van der Waals surface area contributed by atoms with Crippen molar-refractivity contribution in [3.63, 3.8) is 0 Å². The van der Waals surface area contributed by atoms with Gasteiger partial charge in [-0.1, -0.05) is 0 Å². The molecular formula is CeLaN9O27Tb. The molecule has 0 rings (SSSR count). The van der Waals surface area contributed by atoms with Crippen molar-refractivity contribution in [1.82, 2.24) is 0 Å². The molecule has 36 nitrogen and oxygen atoms in total. The van der Waals surface area contributed by atoms with Gasteiger partial charge in [0, 0.05) is 0 Å². The topological polar surface area (TPSA) is 596 Å². The summed E-state index contributed by atoms with van der Waals surface area (Å²) < 4.78 is 0. The van der Waals surface area contributed by atoms with E-state index in [1.165, 1.54) is 0 Å². The summed E-state index contributed by atoms with van der Waals surface area (Å²) in [7, 11) is 0. The van der Waals surface area contributed by atoms with Crippen LogP contribution in [0.25, 0.3) is 0 Å². The Morgan fingerprint density at radius 1 is 0.231 bits per heavy atom. The number of rotatable bonds is 0. The molecule has 0 saturated carbocycles. The van der Waals surface area contributed by atoms with Crippen molar-refractivity contribution in [3.8, 4) is 0 Å². The maximum Gasteiger partial charge on any atom is 3.00 e. The number of hydrogen-bond acceptors (Lipinski definition) is 27. The molecule has 0 atom stereocenters. The maximum absolute atomic E-state index is 8.25. The molecule has 0 aliphatic rings. The second-order valence-electron chi connectivity index (χ2n) is 2.01. The van der Waals surface area contributed by atoms with Gasteiger partial charge in [-0.25, -0.2) is 0 Å². The third-order valence-electron chi connectivity index (χ3n) is 0. The molecule has 0 aliphatic carbocycles. The second kappa shape index (κ2) is 70.1. The smallest absolute Gasteiger partial charge is 0.356 e. The normalized spacial score (nSPS) is 5.54.